The number of piperidine rings is 1. The Balaban J connectivity index is 1.56. The van der Waals surface area contributed by atoms with E-state index in [0.717, 1.165) is 47.8 Å². The number of carboxylic acid groups (broad SMARTS) is 1. The summed E-state index contributed by atoms with van der Waals surface area (Å²) in [5, 5.41) is 9.46. The molecule has 176 valence electrons. The molecule has 0 aliphatic carbocycles. The molecule has 2 aromatic heterocycles. The van der Waals surface area contributed by atoms with Gasteiger partial charge in [0.25, 0.3) is 5.91 Å². The molecule has 9 heteroatoms. The molecular formula is C24H30N4O5. The highest BCUT2D eigenvalue weighted by Crippen LogP contribution is 2.39. The number of nitrogens with zero attached hydrogens (tertiary/aromatic N) is 4. The van der Waals surface area contributed by atoms with Crippen LogP contribution in [0.1, 0.15) is 60.8 Å². The summed E-state index contributed by atoms with van der Waals surface area (Å²) in [7, 11) is 1.58. The number of ether oxygens (including phenoxy) is 2. The van der Waals surface area contributed by atoms with Crippen molar-refractivity contribution in [2.75, 3.05) is 25.1 Å². The first kappa shape index (κ1) is 22.8. The second-order valence-electron chi connectivity index (χ2n) is 9.52. The number of rotatable bonds is 4. The van der Waals surface area contributed by atoms with Gasteiger partial charge < -0.3 is 19.5 Å². The summed E-state index contributed by atoms with van der Waals surface area (Å²) >= 11 is 0. The lowest BCUT2D eigenvalue weighted by Crippen LogP contribution is -2.39. The minimum atomic E-state index is -1.25. The molecule has 4 rings (SSSR count). The van der Waals surface area contributed by atoms with E-state index >= 15 is 0 Å². The molecule has 4 heterocycles. The number of imide groups is 1. The van der Waals surface area contributed by atoms with Crippen molar-refractivity contribution in [1.82, 2.24) is 14.9 Å². The third kappa shape index (κ3) is 4.31. The highest BCUT2D eigenvalue weighted by atomic mass is 16.5. The van der Waals surface area contributed by atoms with Crippen molar-refractivity contribution in [1.29, 1.82) is 0 Å². The molecule has 2 aromatic rings. The second kappa shape index (κ2) is 8.53. The van der Waals surface area contributed by atoms with Crippen molar-refractivity contribution in [2.45, 2.75) is 58.6 Å². The lowest BCUT2D eigenvalue weighted by Gasteiger charge is -2.35. The Hall–Kier alpha value is -3.36. The van der Waals surface area contributed by atoms with Crippen molar-refractivity contribution in [3.05, 3.63) is 40.7 Å². The maximum atomic E-state index is 12.9. The van der Waals surface area contributed by atoms with Crippen LogP contribution < -0.4 is 14.4 Å². The van der Waals surface area contributed by atoms with Crippen LogP contribution >= 0.6 is 0 Å². The van der Waals surface area contributed by atoms with Gasteiger partial charge in [0.1, 0.15) is 17.7 Å². The Kier molecular flexibility index (Phi) is 5.90. The fourth-order valence-corrected chi connectivity index (χ4v) is 4.75. The summed E-state index contributed by atoms with van der Waals surface area (Å²) in [5.41, 5.74) is 2.45. The maximum absolute atomic E-state index is 12.9. The molecule has 0 saturated carbocycles. The van der Waals surface area contributed by atoms with Gasteiger partial charge in [-0.1, -0.05) is 20.8 Å². The summed E-state index contributed by atoms with van der Waals surface area (Å²) in [6.45, 7) is 9.59. The van der Waals surface area contributed by atoms with Crippen molar-refractivity contribution >= 4 is 17.8 Å². The summed E-state index contributed by atoms with van der Waals surface area (Å²) in [5.74, 6) is 1.60. The Morgan fingerprint density at radius 3 is 2.45 bits per heavy atom. The summed E-state index contributed by atoms with van der Waals surface area (Å²) < 4.78 is 11.2. The third-order valence-corrected chi connectivity index (χ3v) is 6.20. The van der Waals surface area contributed by atoms with Gasteiger partial charge in [-0.25, -0.2) is 19.7 Å². The molecule has 1 saturated heterocycles. The average Bonchev–Trinajstić information content (AvgIpc) is 3.10. The number of amides is 2. The van der Waals surface area contributed by atoms with E-state index in [2.05, 4.69) is 9.88 Å². The summed E-state index contributed by atoms with van der Waals surface area (Å²) in [4.78, 5) is 36.5. The van der Waals surface area contributed by atoms with E-state index < -0.39 is 12.0 Å². The number of methoxy groups -OCH3 is 1. The van der Waals surface area contributed by atoms with Crippen LogP contribution in [0.2, 0.25) is 0 Å². The molecule has 2 aliphatic rings. The van der Waals surface area contributed by atoms with Gasteiger partial charge in [-0.2, -0.15) is 0 Å². The topological polar surface area (TPSA) is 105 Å². The molecule has 2 aliphatic heterocycles. The molecule has 2 amide bonds. The molecule has 9 nitrogen and oxygen atoms in total. The Morgan fingerprint density at radius 1 is 1.21 bits per heavy atom. The van der Waals surface area contributed by atoms with E-state index in [4.69, 9.17) is 14.5 Å². The van der Waals surface area contributed by atoms with E-state index in [0.29, 0.717) is 22.9 Å². The number of carbonyl (C=O) groups excluding carboxylic acids is 1. The van der Waals surface area contributed by atoms with Crippen LogP contribution in [0.5, 0.6) is 11.6 Å². The molecule has 1 fully saturated rings. The Labute approximate surface area is 193 Å². The lowest BCUT2D eigenvalue weighted by molar-refractivity contribution is 0.0761. The first-order valence-corrected chi connectivity index (χ1v) is 11.1. The number of hydrogen-bond donors (Lipinski definition) is 1. The number of pyridine rings is 2. The van der Waals surface area contributed by atoms with E-state index in [1.54, 1.807) is 19.4 Å². The van der Waals surface area contributed by atoms with Crippen LogP contribution in [0.4, 0.5) is 10.6 Å². The number of aromatic nitrogens is 2. The van der Waals surface area contributed by atoms with Gasteiger partial charge in [-0.05, 0) is 29.5 Å². The molecule has 1 N–H and O–H groups in total. The number of carbonyl (C=O) groups is 2. The van der Waals surface area contributed by atoms with Crippen LogP contribution in [0.25, 0.3) is 0 Å². The van der Waals surface area contributed by atoms with Crippen LogP contribution in [0.15, 0.2) is 18.3 Å². The van der Waals surface area contributed by atoms with E-state index in [1.807, 2.05) is 33.8 Å². The first-order chi connectivity index (χ1) is 15.6. The number of hydrogen-bond acceptors (Lipinski definition) is 7. The zero-order valence-electron chi connectivity index (χ0n) is 19.7. The number of anilines is 1. The molecule has 33 heavy (non-hydrogen) atoms. The second-order valence-corrected chi connectivity index (χ2v) is 9.52. The summed E-state index contributed by atoms with van der Waals surface area (Å²) in [6.07, 6.45) is 2.11. The lowest BCUT2D eigenvalue weighted by atomic mass is 9.80. The predicted molar refractivity (Wildman–Crippen MR) is 122 cm³/mol. The fourth-order valence-electron chi connectivity index (χ4n) is 4.75. The van der Waals surface area contributed by atoms with Gasteiger partial charge in [0, 0.05) is 32.0 Å². The van der Waals surface area contributed by atoms with Gasteiger partial charge >= 0.3 is 6.09 Å². The monoisotopic (exact) mass is 454 g/mol. The largest absolute Gasteiger partial charge is 0.489 e. The van der Waals surface area contributed by atoms with Crippen LogP contribution in [-0.4, -0.2) is 58.3 Å². The average molecular weight is 455 g/mol. The molecule has 0 aromatic carbocycles. The van der Waals surface area contributed by atoms with E-state index in [9.17, 15) is 14.7 Å². The van der Waals surface area contributed by atoms with Gasteiger partial charge in [0.2, 0.25) is 5.88 Å². The standard InChI is InChI=1S/C24H30N4O5/c1-14-20(24(2,3)4)19-17(13-28(22(19)29)23(30)31)26-21(14)27-10-8-15(9-11-27)33-16-6-7-18(32-5)25-12-16/h6-7,12,15H,8-11,13H2,1-5H3,(H,30,31). The summed E-state index contributed by atoms with van der Waals surface area (Å²) in [6, 6.07) is 3.63. The molecular weight excluding hydrogens is 424 g/mol. The van der Waals surface area contributed by atoms with Gasteiger partial charge in [-0.3, -0.25) is 4.79 Å². The zero-order chi connectivity index (χ0) is 23.9. The van der Waals surface area contributed by atoms with Crippen molar-refractivity contribution in [2.24, 2.45) is 0 Å². The van der Waals surface area contributed by atoms with Gasteiger partial charge in [-0.15, -0.1) is 0 Å². The predicted octanol–water partition coefficient (Wildman–Crippen LogP) is 3.77. The van der Waals surface area contributed by atoms with Crippen molar-refractivity contribution in [3.63, 3.8) is 0 Å². The van der Waals surface area contributed by atoms with E-state index in [1.165, 1.54) is 0 Å². The zero-order valence-corrected chi connectivity index (χ0v) is 19.7. The van der Waals surface area contributed by atoms with E-state index in [-0.39, 0.29) is 18.1 Å². The van der Waals surface area contributed by atoms with Crippen LogP contribution in [-0.2, 0) is 12.0 Å². The molecule has 0 unspecified atom stereocenters. The quantitative estimate of drug-likeness (QED) is 0.744. The van der Waals surface area contributed by atoms with Crippen molar-refractivity contribution in [3.8, 4) is 11.6 Å². The van der Waals surface area contributed by atoms with Crippen molar-refractivity contribution < 1.29 is 24.2 Å². The molecule has 0 radical (unpaired) electrons. The highest BCUT2D eigenvalue weighted by molar-refractivity contribution is 6.07. The normalized spacial score (nSPS) is 16.7. The number of fused-ring (bicyclic) bond motifs is 1. The SMILES string of the molecule is COc1ccc(OC2CCN(c3nc4c(c(C(C)(C)C)c3C)C(=O)N(C(=O)O)C4)CC2)cn1. The molecule has 0 spiro atoms. The minimum absolute atomic E-state index is 0.0100. The fraction of sp³-hybridized carbons (Fsp3) is 0.500. The highest BCUT2D eigenvalue weighted by Gasteiger charge is 2.40. The third-order valence-electron chi connectivity index (χ3n) is 6.20. The molecule has 0 bridgehead atoms. The maximum Gasteiger partial charge on any atom is 0.414 e. The minimum Gasteiger partial charge on any atom is -0.489 e. The van der Waals surface area contributed by atoms with Gasteiger partial charge in [0.05, 0.1) is 31.1 Å². The Bertz CT molecular complexity index is 1070. The van der Waals surface area contributed by atoms with Gasteiger partial charge in [0.15, 0.2) is 0 Å². The van der Waals surface area contributed by atoms with Crippen LogP contribution in [0, 0.1) is 6.92 Å². The smallest absolute Gasteiger partial charge is 0.414 e. The first-order valence-electron chi connectivity index (χ1n) is 11.1. The molecule has 0 atom stereocenters. The Morgan fingerprint density at radius 2 is 1.91 bits per heavy atom. The van der Waals surface area contributed by atoms with Crippen LogP contribution in [0.3, 0.4) is 0 Å².